The van der Waals surface area contributed by atoms with Crippen LogP contribution in [0.1, 0.15) is 10.5 Å². The molecule has 0 aliphatic rings. The summed E-state index contributed by atoms with van der Waals surface area (Å²) in [4.78, 5) is 12.3. The Morgan fingerprint density at radius 1 is 0.963 bits per heavy atom. The molecular formula is C19H17ClN4O3. The van der Waals surface area contributed by atoms with Gasteiger partial charge in [-0.3, -0.25) is 4.79 Å². The van der Waals surface area contributed by atoms with Gasteiger partial charge >= 0.3 is 0 Å². The first kappa shape index (κ1) is 18.5. The number of aromatic nitrogens is 2. The summed E-state index contributed by atoms with van der Waals surface area (Å²) in [5.41, 5.74) is 1.43. The summed E-state index contributed by atoms with van der Waals surface area (Å²) in [6.45, 7) is 0. The average Bonchev–Trinajstić information content (AvgIpc) is 2.70. The fraction of sp³-hybridized carbons (Fsp3) is 0.105. The summed E-state index contributed by atoms with van der Waals surface area (Å²) < 4.78 is 10.5. The molecule has 0 spiro atoms. The molecule has 7 nitrogen and oxygen atoms in total. The number of hydrogen-bond donors (Lipinski definition) is 2. The molecule has 2 N–H and O–H groups in total. The fourth-order valence-corrected chi connectivity index (χ4v) is 2.51. The number of nitrogens with one attached hydrogen (secondary N) is 2. The molecule has 1 amide bonds. The zero-order chi connectivity index (χ0) is 19.2. The molecule has 3 aromatic rings. The number of rotatable bonds is 6. The molecule has 0 unspecified atom stereocenters. The van der Waals surface area contributed by atoms with Crippen molar-refractivity contribution in [3.05, 3.63) is 65.3 Å². The Balaban J connectivity index is 1.70. The molecule has 0 radical (unpaired) electrons. The third-order valence-corrected chi connectivity index (χ3v) is 4.00. The number of hydrogen-bond acceptors (Lipinski definition) is 6. The molecule has 0 saturated heterocycles. The van der Waals surface area contributed by atoms with Gasteiger partial charge in [0.05, 0.1) is 24.9 Å². The van der Waals surface area contributed by atoms with Crippen LogP contribution in [0, 0.1) is 0 Å². The van der Waals surface area contributed by atoms with E-state index < -0.39 is 5.91 Å². The van der Waals surface area contributed by atoms with Gasteiger partial charge in [-0.1, -0.05) is 23.7 Å². The molecule has 138 valence electrons. The Hall–Kier alpha value is -3.32. The molecule has 0 aliphatic carbocycles. The number of ether oxygens (including phenoxy) is 2. The number of carbonyl (C=O) groups is 1. The molecule has 0 aliphatic heterocycles. The topological polar surface area (TPSA) is 85.4 Å². The number of amides is 1. The second kappa shape index (κ2) is 8.37. The van der Waals surface area contributed by atoms with Gasteiger partial charge in [0.1, 0.15) is 0 Å². The third-order valence-electron chi connectivity index (χ3n) is 3.68. The Bertz CT molecular complexity index is 948. The second-order valence-electron chi connectivity index (χ2n) is 5.43. The number of methoxy groups -OCH3 is 2. The molecule has 0 saturated carbocycles. The van der Waals surface area contributed by atoms with Crippen molar-refractivity contribution in [2.45, 2.75) is 0 Å². The Morgan fingerprint density at radius 2 is 1.74 bits per heavy atom. The van der Waals surface area contributed by atoms with Crippen LogP contribution in [-0.4, -0.2) is 30.3 Å². The lowest BCUT2D eigenvalue weighted by molar-refractivity contribution is 0.102. The van der Waals surface area contributed by atoms with E-state index in [1.807, 2.05) is 6.07 Å². The molecule has 1 aromatic heterocycles. The van der Waals surface area contributed by atoms with Crippen LogP contribution < -0.4 is 20.1 Å². The summed E-state index contributed by atoms with van der Waals surface area (Å²) in [7, 11) is 3.14. The Morgan fingerprint density at radius 3 is 2.41 bits per heavy atom. The van der Waals surface area contributed by atoms with E-state index in [2.05, 4.69) is 20.8 Å². The van der Waals surface area contributed by atoms with Crippen molar-refractivity contribution in [1.82, 2.24) is 10.2 Å². The first-order chi connectivity index (χ1) is 13.1. The predicted molar refractivity (Wildman–Crippen MR) is 104 cm³/mol. The number of nitrogens with zero attached hydrogens (tertiary/aromatic N) is 2. The first-order valence-corrected chi connectivity index (χ1v) is 8.37. The number of halogens is 1. The molecule has 2 aromatic carbocycles. The van der Waals surface area contributed by atoms with Crippen molar-refractivity contribution in [2.24, 2.45) is 0 Å². The summed E-state index contributed by atoms with van der Waals surface area (Å²) in [5, 5.41) is 14.2. The van der Waals surface area contributed by atoms with Crippen molar-refractivity contribution < 1.29 is 14.3 Å². The van der Waals surface area contributed by atoms with Crippen molar-refractivity contribution in [3.8, 4) is 11.5 Å². The zero-order valence-electron chi connectivity index (χ0n) is 14.7. The molecule has 27 heavy (non-hydrogen) atoms. The van der Waals surface area contributed by atoms with E-state index in [1.54, 1.807) is 62.8 Å². The van der Waals surface area contributed by atoms with Crippen LogP contribution in [0.15, 0.2) is 54.6 Å². The lowest BCUT2D eigenvalue weighted by atomic mass is 10.2. The lowest BCUT2D eigenvalue weighted by Crippen LogP contribution is -2.14. The minimum Gasteiger partial charge on any atom is -0.493 e. The summed E-state index contributed by atoms with van der Waals surface area (Å²) >= 11 is 6.04. The van der Waals surface area contributed by atoms with Gasteiger partial charge < -0.3 is 20.1 Å². The van der Waals surface area contributed by atoms with Gasteiger partial charge in [0, 0.05) is 11.8 Å². The van der Waals surface area contributed by atoms with Crippen molar-refractivity contribution in [1.29, 1.82) is 0 Å². The molecule has 0 atom stereocenters. The molecule has 0 bridgehead atoms. The van der Waals surface area contributed by atoms with Crippen LogP contribution >= 0.6 is 11.6 Å². The van der Waals surface area contributed by atoms with Crippen molar-refractivity contribution >= 4 is 34.7 Å². The van der Waals surface area contributed by atoms with E-state index in [9.17, 15) is 4.79 Å². The molecular weight excluding hydrogens is 368 g/mol. The summed E-state index contributed by atoms with van der Waals surface area (Å²) in [6, 6.07) is 15.6. The van der Waals surface area contributed by atoms with Gasteiger partial charge in [0.25, 0.3) is 5.91 Å². The zero-order valence-corrected chi connectivity index (χ0v) is 15.4. The van der Waals surface area contributed by atoms with Gasteiger partial charge in [-0.05, 0) is 36.4 Å². The number of benzene rings is 2. The smallest absolute Gasteiger partial charge is 0.276 e. The largest absolute Gasteiger partial charge is 0.493 e. The number of carbonyl (C=O) groups excluding carboxylic acids is 1. The highest BCUT2D eigenvalue weighted by Crippen LogP contribution is 2.30. The van der Waals surface area contributed by atoms with Crippen LogP contribution in [0.2, 0.25) is 5.02 Å². The number of para-hydroxylation sites is 1. The van der Waals surface area contributed by atoms with Gasteiger partial charge in [-0.25, -0.2) is 0 Å². The van der Waals surface area contributed by atoms with Crippen LogP contribution in [0.4, 0.5) is 17.2 Å². The summed E-state index contributed by atoms with van der Waals surface area (Å²) in [5.74, 6) is 1.30. The monoisotopic (exact) mass is 384 g/mol. The van der Waals surface area contributed by atoms with E-state index in [4.69, 9.17) is 21.1 Å². The highest BCUT2D eigenvalue weighted by atomic mass is 35.5. The lowest BCUT2D eigenvalue weighted by Gasteiger charge is -2.11. The normalized spacial score (nSPS) is 10.2. The van der Waals surface area contributed by atoms with Gasteiger partial charge in [0.15, 0.2) is 23.0 Å². The van der Waals surface area contributed by atoms with Crippen molar-refractivity contribution in [3.63, 3.8) is 0 Å². The standard InChI is InChI=1S/C19H17ClN4O3/c1-26-16-9-7-12(11-17(16)27-2)21-18-10-8-15(23-24-18)19(25)22-14-6-4-3-5-13(14)20/h3-11H,1-2H3,(H,21,24)(H,22,25). The maximum absolute atomic E-state index is 12.3. The highest BCUT2D eigenvalue weighted by molar-refractivity contribution is 6.33. The second-order valence-corrected chi connectivity index (χ2v) is 5.84. The van der Waals surface area contributed by atoms with E-state index >= 15 is 0 Å². The molecule has 0 fully saturated rings. The maximum atomic E-state index is 12.3. The van der Waals surface area contributed by atoms with Gasteiger partial charge in [-0.2, -0.15) is 0 Å². The van der Waals surface area contributed by atoms with Gasteiger partial charge in [0.2, 0.25) is 0 Å². The quantitative estimate of drug-likeness (QED) is 0.664. The minimum absolute atomic E-state index is 0.174. The maximum Gasteiger partial charge on any atom is 0.276 e. The Kier molecular flexibility index (Phi) is 5.73. The molecule has 1 heterocycles. The van der Waals surface area contributed by atoms with Crippen LogP contribution in [0.3, 0.4) is 0 Å². The van der Waals surface area contributed by atoms with E-state index in [1.165, 1.54) is 0 Å². The molecule has 3 rings (SSSR count). The van der Waals surface area contributed by atoms with E-state index in [-0.39, 0.29) is 5.69 Å². The van der Waals surface area contributed by atoms with Crippen molar-refractivity contribution in [2.75, 3.05) is 24.9 Å². The SMILES string of the molecule is COc1ccc(Nc2ccc(C(=O)Nc3ccccc3Cl)nn2)cc1OC. The van der Waals surface area contributed by atoms with E-state index in [0.29, 0.717) is 28.0 Å². The average molecular weight is 385 g/mol. The predicted octanol–water partition coefficient (Wildman–Crippen LogP) is 4.14. The fourth-order valence-electron chi connectivity index (χ4n) is 2.33. The van der Waals surface area contributed by atoms with Crippen LogP contribution in [0.25, 0.3) is 0 Å². The van der Waals surface area contributed by atoms with Crippen LogP contribution in [-0.2, 0) is 0 Å². The number of anilines is 3. The highest BCUT2D eigenvalue weighted by Gasteiger charge is 2.11. The first-order valence-electron chi connectivity index (χ1n) is 7.99. The Labute approximate surface area is 161 Å². The third kappa shape index (κ3) is 4.45. The molecule has 8 heteroatoms. The van der Waals surface area contributed by atoms with Crippen LogP contribution in [0.5, 0.6) is 11.5 Å². The van der Waals surface area contributed by atoms with Gasteiger partial charge in [-0.15, -0.1) is 10.2 Å². The van der Waals surface area contributed by atoms with E-state index in [0.717, 1.165) is 5.69 Å². The summed E-state index contributed by atoms with van der Waals surface area (Å²) in [6.07, 6.45) is 0. The minimum atomic E-state index is -0.395.